The van der Waals surface area contributed by atoms with Crippen LogP contribution in [0.25, 0.3) is 0 Å². The van der Waals surface area contributed by atoms with Gasteiger partial charge in [0.15, 0.2) is 0 Å². The van der Waals surface area contributed by atoms with Gasteiger partial charge in [-0.25, -0.2) is 4.79 Å². The largest absolute Gasteiger partial charge is 0.481 e. The summed E-state index contributed by atoms with van der Waals surface area (Å²) in [4.78, 5) is 60.2. The summed E-state index contributed by atoms with van der Waals surface area (Å²) in [7, 11) is 0. The van der Waals surface area contributed by atoms with E-state index in [0.29, 0.717) is 12.2 Å². The third-order valence-electron chi connectivity index (χ3n) is 5.12. The summed E-state index contributed by atoms with van der Waals surface area (Å²) in [6.07, 6.45) is 0.616. The van der Waals surface area contributed by atoms with Crippen molar-refractivity contribution in [1.82, 2.24) is 16.0 Å². The van der Waals surface area contributed by atoms with Crippen LogP contribution in [0.1, 0.15) is 46.5 Å². The number of carbonyl (C=O) groups excluding carboxylic acids is 3. The molecule has 0 fully saturated rings. The molecule has 0 saturated carbocycles. The topological polar surface area (TPSA) is 208 Å². The molecule has 0 saturated heterocycles. The Kier molecular flexibility index (Phi) is 14.3. The maximum absolute atomic E-state index is 12.9. The second kappa shape index (κ2) is 15.5. The molecule has 0 spiro atoms. The molecule has 190 valence electrons. The molecular formula is C20H36N4O8S. The number of aliphatic hydroxyl groups is 1. The molecule has 0 aliphatic rings. The lowest BCUT2D eigenvalue weighted by atomic mass is 9.97. The first-order valence-electron chi connectivity index (χ1n) is 10.6. The molecule has 0 heterocycles. The van der Waals surface area contributed by atoms with Crippen molar-refractivity contribution in [2.75, 3.05) is 12.0 Å². The van der Waals surface area contributed by atoms with Crippen molar-refractivity contribution in [2.45, 2.75) is 76.7 Å². The number of hydrogen-bond acceptors (Lipinski definition) is 8. The van der Waals surface area contributed by atoms with Crippen LogP contribution in [-0.2, 0) is 24.0 Å². The van der Waals surface area contributed by atoms with Crippen LogP contribution in [0.3, 0.4) is 0 Å². The van der Waals surface area contributed by atoms with E-state index in [1.165, 1.54) is 18.7 Å². The van der Waals surface area contributed by atoms with Gasteiger partial charge in [0.25, 0.3) is 0 Å². The first-order valence-corrected chi connectivity index (χ1v) is 12.0. The SMILES string of the molecule is CCC(C)C(NC(=O)C(CCSC)NC(=O)C(N)C(C)O)C(=O)NC(CCC(=O)O)C(=O)O. The van der Waals surface area contributed by atoms with Gasteiger partial charge in [-0.15, -0.1) is 0 Å². The van der Waals surface area contributed by atoms with Crippen molar-refractivity contribution >= 4 is 41.4 Å². The summed E-state index contributed by atoms with van der Waals surface area (Å²) in [6.45, 7) is 4.81. The van der Waals surface area contributed by atoms with E-state index in [1.807, 2.05) is 6.26 Å². The highest BCUT2D eigenvalue weighted by Crippen LogP contribution is 2.11. The molecule has 3 amide bonds. The van der Waals surface area contributed by atoms with E-state index in [9.17, 15) is 34.2 Å². The maximum atomic E-state index is 12.9. The van der Waals surface area contributed by atoms with Crippen molar-refractivity contribution in [3.8, 4) is 0 Å². The van der Waals surface area contributed by atoms with E-state index in [-0.39, 0.29) is 18.8 Å². The van der Waals surface area contributed by atoms with Crippen molar-refractivity contribution in [3.63, 3.8) is 0 Å². The lowest BCUT2D eigenvalue weighted by molar-refractivity contribution is -0.143. The highest BCUT2D eigenvalue weighted by molar-refractivity contribution is 7.98. The molecule has 8 N–H and O–H groups in total. The van der Waals surface area contributed by atoms with Gasteiger partial charge >= 0.3 is 11.9 Å². The normalized spacial score (nSPS) is 16.4. The predicted molar refractivity (Wildman–Crippen MR) is 122 cm³/mol. The Labute approximate surface area is 197 Å². The quantitative estimate of drug-likeness (QED) is 0.138. The van der Waals surface area contributed by atoms with E-state index < -0.39 is 66.4 Å². The third-order valence-corrected chi connectivity index (χ3v) is 5.76. The van der Waals surface area contributed by atoms with Gasteiger partial charge in [0.2, 0.25) is 17.7 Å². The Bertz CT molecular complexity index is 691. The minimum absolute atomic E-state index is 0.233. The molecule has 12 nitrogen and oxygen atoms in total. The number of rotatable bonds is 16. The second-order valence-electron chi connectivity index (χ2n) is 7.81. The van der Waals surface area contributed by atoms with Crippen LogP contribution >= 0.6 is 11.8 Å². The Hall–Kier alpha value is -2.38. The second-order valence-corrected chi connectivity index (χ2v) is 8.80. The average Bonchev–Trinajstić information content (AvgIpc) is 2.75. The molecule has 0 aliphatic carbocycles. The minimum atomic E-state index is -1.44. The van der Waals surface area contributed by atoms with Crippen LogP contribution in [0.5, 0.6) is 0 Å². The fraction of sp³-hybridized carbons (Fsp3) is 0.750. The summed E-state index contributed by atoms with van der Waals surface area (Å²) in [5.74, 6) is -4.63. The van der Waals surface area contributed by atoms with E-state index in [0.717, 1.165) is 0 Å². The monoisotopic (exact) mass is 492 g/mol. The summed E-state index contributed by atoms with van der Waals surface area (Å²) >= 11 is 1.44. The van der Waals surface area contributed by atoms with E-state index >= 15 is 0 Å². The Morgan fingerprint density at radius 3 is 1.94 bits per heavy atom. The minimum Gasteiger partial charge on any atom is -0.481 e. The lowest BCUT2D eigenvalue weighted by Crippen LogP contribution is -2.59. The van der Waals surface area contributed by atoms with Gasteiger partial charge in [0, 0.05) is 6.42 Å². The van der Waals surface area contributed by atoms with Crippen LogP contribution in [0, 0.1) is 5.92 Å². The standard InChI is InChI=1S/C20H36N4O8S/c1-5-10(2)16(19(30)23-13(20(31)32)6-7-14(26)27)24-17(28)12(8-9-33-4)22-18(29)15(21)11(3)25/h10-13,15-16,25H,5-9,21H2,1-4H3,(H,22,29)(H,23,30)(H,24,28)(H,26,27)(H,31,32). The van der Waals surface area contributed by atoms with Gasteiger partial charge in [-0.05, 0) is 37.7 Å². The van der Waals surface area contributed by atoms with E-state index in [2.05, 4.69) is 16.0 Å². The van der Waals surface area contributed by atoms with Crippen LogP contribution in [0.2, 0.25) is 0 Å². The number of carboxylic acids is 2. The third kappa shape index (κ3) is 11.3. The zero-order chi connectivity index (χ0) is 25.7. The van der Waals surface area contributed by atoms with Gasteiger partial charge < -0.3 is 37.0 Å². The highest BCUT2D eigenvalue weighted by Gasteiger charge is 2.33. The number of nitrogens with one attached hydrogen (secondary N) is 3. The zero-order valence-electron chi connectivity index (χ0n) is 19.4. The molecule has 13 heteroatoms. The van der Waals surface area contributed by atoms with Crippen molar-refractivity contribution < 1.29 is 39.3 Å². The van der Waals surface area contributed by atoms with E-state index in [4.69, 9.17) is 10.8 Å². The van der Waals surface area contributed by atoms with Gasteiger partial charge in [-0.3, -0.25) is 19.2 Å². The summed E-state index contributed by atoms with van der Waals surface area (Å²) in [6, 6.07) is -4.83. The fourth-order valence-electron chi connectivity index (χ4n) is 2.73. The molecule has 0 aromatic heterocycles. The van der Waals surface area contributed by atoms with Crippen molar-refractivity contribution in [2.24, 2.45) is 11.7 Å². The van der Waals surface area contributed by atoms with Gasteiger partial charge in [-0.1, -0.05) is 20.3 Å². The fourth-order valence-corrected chi connectivity index (χ4v) is 3.21. The number of hydrogen-bond donors (Lipinski definition) is 7. The number of carbonyl (C=O) groups is 5. The molecule has 0 radical (unpaired) electrons. The number of aliphatic carboxylic acids is 2. The first-order chi connectivity index (χ1) is 15.3. The van der Waals surface area contributed by atoms with Crippen molar-refractivity contribution in [1.29, 1.82) is 0 Å². The smallest absolute Gasteiger partial charge is 0.326 e. The van der Waals surface area contributed by atoms with Crippen LogP contribution in [-0.4, -0.2) is 87.3 Å². The van der Waals surface area contributed by atoms with E-state index in [1.54, 1.807) is 13.8 Å². The molecule has 0 rings (SSSR count). The molecule has 33 heavy (non-hydrogen) atoms. The summed E-state index contributed by atoms with van der Waals surface area (Å²) in [5, 5.41) is 34.9. The Morgan fingerprint density at radius 1 is 0.909 bits per heavy atom. The molecule has 0 aromatic carbocycles. The predicted octanol–water partition coefficient (Wildman–Crippen LogP) is -1.10. The number of aliphatic hydroxyl groups excluding tert-OH is 1. The number of carboxylic acid groups (broad SMARTS) is 2. The lowest BCUT2D eigenvalue weighted by Gasteiger charge is -2.28. The number of nitrogens with two attached hydrogens (primary N) is 1. The van der Waals surface area contributed by atoms with Crippen LogP contribution in [0.15, 0.2) is 0 Å². The summed E-state index contributed by atoms with van der Waals surface area (Å²) < 4.78 is 0. The Balaban J connectivity index is 5.52. The molecule has 6 atom stereocenters. The Morgan fingerprint density at radius 2 is 1.48 bits per heavy atom. The summed E-state index contributed by atoms with van der Waals surface area (Å²) in [5.41, 5.74) is 5.63. The van der Waals surface area contributed by atoms with Crippen LogP contribution in [0.4, 0.5) is 0 Å². The van der Waals surface area contributed by atoms with Crippen molar-refractivity contribution in [3.05, 3.63) is 0 Å². The van der Waals surface area contributed by atoms with Gasteiger partial charge in [-0.2, -0.15) is 11.8 Å². The maximum Gasteiger partial charge on any atom is 0.326 e. The molecule has 6 unspecified atom stereocenters. The molecule has 0 aliphatic heterocycles. The molecular weight excluding hydrogens is 456 g/mol. The average molecular weight is 493 g/mol. The van der Waals surface area contributed by atoms with Gasteiger partial charge in [0.05, 0.1) is 6.10 Å². The number of amides is 3. The first kappa shape index (κ1) is 30.6. The highest BCUT2D eigenvalue weighted by atomic mass is 32.2. The zero-order valence-corrected chi connectivity index (χ0v) is 20.2. The van der Waals surface area contributed by atoms with Crippen LogP contribution < -0.4 is 21.7 Å². The number of thioether (sulfide) groups is 1. The molecule has 0 bridgehead atoms. The molecule has 0 aromatic rings. The van der Waals surface area contributed by atoms with Gasteiger partial charge in [0.1, 0.15) is 24.2 Å².